The van der Waals surface area contributed by atoms with Crippen LogP contribution in [0, 0.1) is 13.8 Å². The minimum absolute atomic E-state index is 0.0483. The minimum atomic E-state index is -4.63. The van der Waals surface area contributed by atoms with Crippen molar-refractivity contribution in [3.8, 4) is 0 Å². The Hall–Kier alpha value is -2.49. The molecule has 3 aromatic rings. The van der Waals surface area contributed by atoms with Gasteiger partial charge >= 0.3 is 6.18 Å². The predicted octanol–water partition coefficient (Wildman–Crippen LogP) is 4.29. The Morgan fingerprint density at radius 1 is 1.30 bits per heavy atom. The van der Waals surface area contributed by atoms with E-state index < -0.39 is 12.0 Å². The predicted molar refractivity (Wildman–Crippen MR) is 106 cm³/mol. The lowest BCUT2D eigenvalue weighted by Crippen LogP contribution is -2.39. The van der Waals surface area contributed by atoms with E-state index in [9.17, 15) is 18.0 Å². The zero-order valence-electron chi connectivity index (χ0n) is 17.0. The lowest BCUT2D eigenvalue weighted by Gasteiger charge is -2.35. The van der Waals surface area contributed by atoms with Gasteiger partial charge in [-0.2, -0.15) is 18.2 Å². The maximum Gasteiger partial charge on any atom is 0.453 e. The molecule has 1 amide bonds. The fourth-order valence-corrected chi connectivity index (χ4v) is 5.13. The molecule has 1 unspecified atom stereocenters. The van der Waals surface area contributed by atoms with Crippen LogP contribution in [0.4, 0.5) is 13.2 Å². The summed E-state index contributed by atoms with van der Waals surface area (Å²) in [5.41, 5.74) is 3.06. The Morgan fingerprint density at radius 3 is 2.77 bits per heavy atom. The summed E-state index contributed by atoms with van der Waals surface area (Å²) in [5, 5.41) is 5.64. The molecule has 4 heterocycles. The van der Waals surface area contributed by atoms with Crippen molar-refractivity contribution in [3.63, 3.8) is 0 Å². The summed E-state index contributed by atoms with van der Waals surface area (Å²) in [6, 6.07) is 2.18. The van der Waals surface area contributed by atoms with Gasteiger partial charge in [0.25, 0.3) is 11.6 Å². The van der Waals surface area contributed by atoms with Crippen molar-refractivity contribution in [2.24, 2.45) is 0 Å². The molecule has 0 bridgehead atoms. The number of aryl methyl sites for hydroxylation is 2. The number of halogens is 3. The van der Waals surface area contributed by atoms with E-state index in [0.717, 1.165) is 22.9 Å². The highest BCUT2D eigenvalue weighted by Gasteiger charge is 2.37. The van der Waals surface area contributed by atoms with E-state index in [1.165, 1.54) is 10.4 Å². The monoisotopic (exact) mass is 437 g/mol. The molecular weight excluding hydrogens is 415 g/mol. The molecule has 0 fully saturated rings. The van der Waals surface area contributed by atoms with Crippen molar-refractivity contribution >= 4 is 23.0 Å². The molecule has 4 rings (SSSR count). The van der Waals surface area contributed by atoms with Crippen LogP contribution in [-0.2, 0) is 23.8 Å². The van der Waals surface area contributed by atoms with E-state index in [-0.39, 0.29) is 24.1 Å². The number of hydrogen-bond donors (Lipinski definition) is 0. The molecule has 0 N–H and O–H groups in total. The van der Waals surface area contributed by atoms with Crippen LogP contribution in [0.3, 0.4) is 0 Å². The number of amides is 1. The molecule has 160 valence electrons. The molecule has 1 atom stereocenters. The van der Waals surface area contributed by atoms with Crippen molar-refractivity contribution in [2.75, 3.05) is 6.54 Å². The van der Waals surface area contributed by atoms with E-state index in [2.05, 4.69) is 33.4 Å². The Labute approximate surface area is 175 Å². The van der Waals surface area contributed by atoms with Crippen molar-refractivity contribution in [3.05, 3.63) is 44.7 Å². The number of aromatic nitrogens is 4. The van der Waals surface area contributed by atoms with Gasteiger partial charge < -0.3 is 4.90 Å². The molecular formula is C20H22F3N5OS. The second kappa shape index (κ2) is 7.64. The number of hydrogen-bond acceptors (Lipinski definition) is 5. The van der Waals surface area contributed by atoms with Crippen LogP contribution in [0.2, 0.25) is 0 Å². The fraction of sp³-hybridized carbons (Fsp3) is 0.500. The molecule has 0 saturated carbocycles. The summed E-state index contributed by atoms with van der Waals surface area (Å²) < 4.78 is 40.0. The highest BCUT2D eigenvalue weighted by Crippen LogP contribution is 2.35. The van der Waals surface area contributed by atoms with E-state index in [4.69, 9.17) is 0 Å². The summed E-state index contributed by atoms with van der Waals surface area (Å²) in [6.45, 7) is 6.18. The third-order valence-corrected chi connectivity index (χ3v) is 6.69. The first-order chi connectivity index (χ1) is 14.2. The van der Waals surface area contributed by atoms with Gasteiger partial charge in [-0.25, -0.2) is 9.50 Å². The zero-order chi connectivity index (χ0) is 21.6. The van der Waals surface area contributed by atoms with Crippen LogP contribution in [0.25, 0.3) is 5.78 Å². The smallest absolute Gasteiger partial charge is 0.335 e. The third kappa shape index (κ3) is 3.57. The number of alkyl halides is 3. The first-order valence-electron chi connectivity index (χ1n) is 9.86. The highest BCUT2D eigenvalue weighted by atomic mass is 32.1. The molecule has 0 aliphatic carbocycles. The number of rotatable bonds is 4. The quantitative estimate of drug-likeness (QED) is 0.611. The van der Waals surface area contributed by atoms with Gasteiger partial charge in [-0.15, -0.1) is 16.4 Å². The van der Waals surface area contributed by atoms with E-state index in [1.54, 1.807) is 25.2 Å². The molecule has 6 nitrogen and oxygen atoms in total. The number of fused-ring (bicyclic) bond motifs is 2. The van der Waals surface area contributed by atoms with Crippen molar-refractivity contribution in [1.82, 2.24) is 24.5 Å². The number of carbonyl (C=O) groups is 1. The minimum Gasteiger partial charge on any atom is -0.335 e. The Bertz CT molecular complexity index is 1100. The van der Waals surface area contributed by atoms with Crippen LogP contribution < -0.4 is 0 Å². The molecule has 0 spiro atoms. The summed E-state index contributed by atoms with van der Waals surface area (Å²) in [5.74, 6) is -1.25. The molecule has 1 aliphatic heterocycles. The number of carbonyl (C=O) groups excluding carboxylic acids is 1. The second-order valence-electron chi connectivity index (χ2n) is 7.47. The van der Waals surface area contributed by atoms with Crippen LogP contribution in [0.1, 0.15) is 59.0 Å². The van der Waals surface area contributed by atoms with Gasteiger partial charge in [0.1, 0.15) is 0 Å². The molecule has 3 aromatic heterocycles. The molecule has 0 saturated heterocycles. The molecule has 0 aromatic carbocycles. The normalized spacial score (nSPS) is 16.9. The molecule has 10 heteroatoms. The van der Waals surface area contributed by atoms with Crippen LogP contribution in [0.15, 0.2) is 11.4 Å². The van der Waals surface area contributed by atoms with Crippen LogP contribution >= 0.6 is 11.3 Å². The van der Waals surface area contributed by atoms with Gasteiger partial charge in [0.05, 0.1) is 6.04 Å². The maximum atomic E-state index is 13.0. The van der Waals surface area contributed by atoms with Gasteiger partial charge in [-0.3, -0.25) is 4.79 Å². The van der Waals surface area contributed by atoms with Crippen molar-refractivity contribution < 1.29 is 18.0 Å². The molecule has 0 radical (unpaired) electrons. The van der Waals surface area contributed by atoms with Crippen LogP contribution in [-0.4, -0.2) is 36.9 Å². The zero-order valence-corrected chi connectivity index (χ0v) is 17.8. The van der Waals surface area contributed by atoms with Crippen LogP contribution in [0.5, 0.6) is 0 Å². The van der Waals surface area contributed by atoms with Gasteiger partial charge in [-0.05, 0) is 55.7 Å². The summed E-state index contributed by atoms with van der Waals surface area (Å²) in [7, 11) is 0. The topological polar surface area (TPSA) is 63.4 Å². The largest absolute Gasteiger partial charge is 0.453 e. The van der Waals surface area contributed by atoms with Gasteiger partial charge in [0.15, 0.2) is 0 Å². The highest BCUT2D eigenvalue weighted by molar-refractivity contribution is 7.10. The van der Waals surface area contributed by atoms with E-state index in [1.807, 2.05) is 4.90 Å². The summed E-state index contributed by atoms with van der Waals surface area (Å²) in [6.07, 6.45) is -2.26. The van der Waals surface area contributed by atoms with Crippen molar-refractivity contribution in [1.29, 1.82) is 0 Å². The van der Waals surface area contributed by atoms with Crippen molar-refractivity contribution in [2.45, 2.75) is 58.7 Å². The molecule has 1 aliphatic rings. The number of nitrogens with zero attached hydrogens (tertiary/aromatic N) is 5. The van der Waals surface area contributed by atoms with E-state index >= 15 is 0 Å². The van der Waals surface area contributed by atoms with E-state index in [0.29, 0.717) is 24.4 Å². The summed E-state index contributed by atoms with van der Waals surface area (Å²) >= 11 is 1.74. The average Bonchev–Trinajstić information content (AvgIpc) is 3.33. The van der Waals surface area contributed by atoms with Gasteiger partial charge in [0, 0.05) is 29.2 Å². The second-order valence-corrected chi connectivity index (χ2v) is 8.47. The lowest BCUT2D eigenvalue weighted by atomic mass is 9.96. The number of thiophene rings is 1. The Morgan fingerprint density at radius 2 is 2.07 bits per heavy atom. The maximum absolute atomic E-state index is 13.0. The molecule has 30 heavy (non-hydrogen) atoms. The van der Waals surface area contributed by atoms with Gasteiger partial charge in [0.2, 0.25) is 5.91 Å². The van der Waals surface area contributed by atoms with Gasteiger partial charge in [-0.1, -0.05) is 6.92 Å². The lowest BCUT2D eigenvalue weighted by molar-refractivity contribution is -0.144. The average molecular weight is 437 g/mol. The fourth-order valence-electron chi connectivity index (χ4n) is 4.20. The first-order valence-corrected chi connectivity index (χ1v) is 10.7. The Balaban J connectivity index is 1.55. The Kier molecular flexibility index (Phi) is 5.29. The SMILES string of the molecule is CCC1c2ccsc2CCN1C(=O)CCc1c(C)nc2nc(C(F)(F)F)nn2c1C. The summed E-state index contributed by atoms with van der Waals surface area (Å²) in [4.78, 5) is 24.0. The standard InChI is InChI=1S/C20H22F3N5OS/c1-4-15-14-8-10-30-16(14)7-9-27(15)17(29)6-5-13-11(2)24-19-25-18(20(21,22)23)26-28(19)12(13)3/h8,10,15H,4-7,9H2,1-3H3. The first kappa shape index (κ1) is 20.8. The third-order valence-electron chi connectivity index (χ3n) is 5.69.